The Labute approximate surface area is 152 Å². The van der Waals surface area contributed by atoms with Crippen LogP contribution >= 0.6 is 0 Å². The summed E-state index contributed by atoms with van der Waals surface area (Å²) in [6.45, 7) is 6.09. The summed E-state index contributed by atoms with van der Waals surface area (Å²) in [5.41, 5.74) is 0.751. The van der Waals surface area contributed by atoms with Crippen molar-refractivity contribution in [2.24, 2.45) is 0 Å². The fraction of sp³-hybridized carbons (Fsp3) is 0.500. The van der Waals surface area contributed by atoms with Crippen LogP contribution in [0.25, 0.3) is 5.65 Å². The number of aromatic nitrogens is 6. The van der Waals surface area contributed by atoms with Gasteiger partial charge in [-0.2, -0.15) is 4.52 Å². The lowest BCUT2D eigenvalue weighted by molar-refractivity contribution is 0.386. The van der Waals surface area contributed by atoms with Crippen LogP contribution in [0.5, 0.6) is 5.88 Å². The Kier molecular flexibility index (Phi) is 4.40. The van der Waals surface area contributed by atoms with E-state index in [0.717, 1.165) is 49.0 Å². The van der Waals surface area contributed by atoms with Crippen molar-refractivity contribution in [3.05, 3.63) is 36.0 Å². The minimum Gasteiger partial charge on any atom is -0.480 e. The molecule has 4 rings (SSSR count). The van der Waals surface area contributed by atoms with E-state index in [0.29, 0.717) is 17.7 Å². The number of piperidine rings is 1. The quantitative estimate of drug-likeness (QED) is 0.712. The summed E-state index contributed by atoms with van der Waals surface area (Å²) in [5, 5.41) is 13.1. The van der Waals surface area contributed by atoms with E-state index in [1.54, 1.807) is 17.7 Å². The Morgan fingerprint density at radius 3 is 2.65 bits per heavy atom. The second kappa shape index (κ2) is 6.86. The molecule has 1 aliphatic rings. The first-order valence-electron chi connectivity index (χ1n) is 9.00. The van der Waals surface area contributed by atoms with Gasteiger partial charge in [-0.15, -0.1) is 15.3 Å². The van der Waals surface area contributed by atoms with Crippen molar-refractivity contribution in [3.63, 3.8) is 0 Å². The third kappa shape index (κ3) is 3.07. The van der Waals surface area contributed by atoms with Crippen molar-refractivity contribution in [2.45, 2.75) is 38.5 Å². The highest BCUT2D eigenvalue weighted by atomic mass is 16.5. The van der Waals surface area contributed by atoms with Crippen molar-refractivity contribution in [3.8, 4) is 5.88 Å². The number of methoxy groups -OCH3 is 1. The van der Waals surface area contributed by atoms with E-state index >= 15 is 0 Å². The van der Waals surface area contributed by atoms with Gasteiger partial charge in [0.05, 0.1) is 7.11 Å². The van der Waals surface area contributed by atoms with E-state index in [1.807, 2.05) is 18.3 Å². The van der Waals surface area contributed by atoms with Crippen molar-refractivity contribution in [2.75, 3.05) is 25.1 Å². The maximum atomic E-state index is 5.23. The highest BCUT2D eigenvalue weighted by Crippen LogP contribution is 2.29. The van der Waals surface area contributed by atoms with Gasteiger partial charge < -0.3 is 9.64 Å². The van der Waals surface area contributed by atoms with Gasteiger partial charge in [-0.3, -0.25) is 0 Å². The van der Waals surface area contributed by atoms with Gasteiger partial charge in [0, 0.05) is 37.2 Å². The van der Waals surface area contributed by atoms with Crippen LogP contribution in [0.15, 0.2) is 24.4 Å². The van der Waals surface area contributed by atoms with E-state index in [4.69, 9.17) is 9.72 Å². The molecule has 0 amide bonds. The number of fused-ring (bicyclic) bond motifs is 1. The smallest absolute Gasteiger partial charge is 0.231 e. The van der Waals surface area contributed by atoms with Crippen LogP contribution < -0.4 is 9.64 Å². The van der Waals surface area contributed by atoms with E-state index in [1.165, 1.54) is 0 Å². The van der Waals surface area contributed by atoms with Crippen LogP contribution in [0.2, 0.25) is 0 Å². The molecule has 0 N–H and O–H groups in total. The normalized spacial score (nSPS) is 15.8. The molecule has 136 valence electrons. The Hall–Kier alpha value is -2.77. The maximum Gasteiger partial charge on any atom is 0.231 e. The predicted octanol–water partition coefficient (Wildman–Crippen LogP) is 2.43. The summed E-state index contributed by atoms with van der Waals surface area (Å²) in [6, 6.07) is 5.68. The molecule has 3 aromatic rings. The standard InChI is InChI=1S/C18H23N7O/c1-12(2)17-19-9-6-14(20-17)24-10-7-13(8-11-24)18-22-21-15-4-5-16(26-3)23-25(15)18/h4-6,9,12-13H,7-8,10-11H2,1-3H3. The zero-order chi connectivity index (χ0) is 18.1. The Bertz CT molecular complexity index is 899. The molecule has 8 nitrogen and oxygen atoms in total. The highest BCUT2D eigenvalue weighted by Gasteiger charge is 2.26. The molecule has 0 aromatic carbocycles. The van der Waals surface area contributed by atoms with Gasteiger partial charge >= 0.3 is 0 Å². The van der Waals surface area contributed by atoms with Crippen LogP contribution in [-0.4, -0.2) is 50.0 Å². The molecular formula is C18H23N7O. The van der Waals surface area contributed by atoms with Gasteiger partial charge in [-0.25, -0.2) is 9.97 Å². The van der Waals surface area contributed by atoms with Gasteiger partial charge in [-0.1, -0.05) is 13.8 Å². The average Bonchev–Trinajstić information content (AvgIpc) is 3.11. The average molecular weight is 353 g/mol. The molecular weight excluding hydrogens is 330 g/mol. The van der Waals surface area contributed by atoms with E-state index in [2.05, 4.69) is 39.0 Å². The van der Waals surface area contributed by atoms with Gasteiger partial charge in [-0.05, 0) is 25.0 Å². The van der Waals surface area contributed by atoms with Crippen molar-refractivity contribution in [1.82, 2.24) is 29.8 Å². The molecule has 3 aromatic heterocycles. The van der Waals surface area contributed by atoms with Crippen molar-refractivity contribution in [1.29, 1.82) is 0 Å². The molecule has 0 unspecified atom stereocenters. The molecule has 26 heavy (non-hydrogen) atoms. The minimum absolute atomic E-state index is 0.326. The Morgan fingerprint density at radius 2 is 1.92 bits per heavy atom. The lowest BCUT2D eigenvalue weighted by atomic mass is 9.96. The molecule has 0 atom stereocenters. The van der Waals surface area contributed by atoms with Crippen LogP contribution in [-0.2, 0) is 0 Å². The second-order valence-corrected chi connectivity index (χ2v) is 6.89. The third-order valence-corrected chi connectivity index (χ3v) is 4.83. The van der Waals surface area contributed by atoms with Gasteiger partial charge in [0.15, 0.2) is 11.5 Å². The van der Waals surface area contributed by atoms with Crippen LogP contribution in [0.1, 0.15) is 50.2 Å². The topological polar surface area (TPSA) is 81.3 Å². The number of rotatable bonds is 4. The molecule has 0 aliphatic carbocycles. The number of nitrogens with zero attached hydrogens (tertiary/aromatic N) is 7. The second-order valence-electron chi connectivity index (χ2n) is 6.89. The molecule has 8 heteroatoms. The van der Waals surface area contributed by atoms with E-state index < -0.39 is 0 Å². The fourth-order valence-electron chi connectivity index (χ4n) is 3.34. The first-order chi connectivity index (χ1) is 12.7. The molecule has 1 fully saturated rings. The Balaban J connectivity index is 1.51. The molecule has 0 spiro atoms. The zero-order valence-electron chi connectivity index (χ0n) is 15.3. The maximum absolute atomic E-state index is 5.23. The first kappa shape index (κ1) is 16.7. The molecule has 0 radical (unpaired) electrons. The number of hydrogen-bond donors (Lipinski definition) is 0. The largest absolute Gasteiger partial charge is 0.480 e. The highest BCUT2D eigenvalue weighted by molar-refractivity contribution is 5.40. The van der Waals surface area contributed by atoms with Crippen molar-refractivity contribution >= 4 is 11.5 Å². The van der Waals surface area contributed by atoms with E-state index in [9.17, 15) is 0 Å². The summed E-state index contributed by atoms with van der Waals surface area (Å²) >= 11 is 0. The van der Waals surface area contributed by atoms with Crippen LogP contribution in [0.4, 0.5) is 5.82 Å². The fourth-order valence-corrected chi connectivity index (χ4v) is 3.34. The van der Waals surface area contributed by atoms with Crippen LogP contribution in [0, 0.1) is 0 Å². The van der Waals surface area contributed by atoms with E-state index in [-0.39, 0.29) is 0 Å². The summed E-state index contributed by atoms with van der Waals surface area (Å²) < 4.78 is 7.04. The van der Waals surface area contributed by atoms with Crippen molar-refractivity contribution < 1.29 is 4.74 Å². The first-order valence-corrected chi connectivity index (χ1v) is 9.00. The number of hydrogen-bond acceptors (Lipinski definition) is 7. The Morgan fingerprint density at radius 1 is 1.12 bits per heavy atom. The molecule has 4 heterocycles. The third-order valence-electron chi connectivity index (χ3n) is 4.83. The molecule has 0 saturated carbocycles. The molecule has 0 bridgehead atoms. The molecule has 1 aliphatic heterocycles. The lowest BCUT2D eigenvalue weighted by Crippen LogP contribution is -2.34. The van der Waals surface area contributed by atoms with Gasteiger partial charge in [0.1, 0.15) is 11.6 Å². The predicted molar refractivity (Wildman–Crippen MR) is 97.6 cm³/mol. The van der Waals surface area contributed by atoms with Gasteiger partial charge in [0.25, 0.3) is 0 Å². The summed E-state index contributed by atoms with van der Waals surface area (Å²) in [7, 11) is 1.61. The zero-order valence-corrected chi connectivity index (χ0v) is 15.3. The summed E-state index contributed by atoms with van der Waals surface area (Å²) in [5.74, 6) is 4.03. The molecule has 1 saturated heterocycles. The number of anilines is 1. The van der Waals surface area contributed by atoms with Crippen LogP contribution in [0.3, 0.4) is 0 Å². The van der Waals surface area contributed by atoms with Gasteiger partial charge in [0.2, 0.25) is 5.88 Å². The number of ether oxygens (including phenoxy) is 1. The minimum atomic E-state index is 0.326. The summed E-state index contributed by atoms with van der Waals surface area (Å²) in [6.07, 6.45) is 3.83. The SMILES string of the molecule is COc1ccc2nnc(C3CCN(c4ccnc(C(C)C)n4)CC3)n2n1. The lowest BCUT2D eigenvalue weighted by Gasteiger charge is -2.32. The summed E-state index contributed by atoms with van der Waals surface area (Å²) in [4.78, 5) is 11.4. The monoisotopic (exact) mass is 353 g/mol.